The van der Waals surface area contributed by atoms with E-state index in [4.69, 9.17) is 14.7 Å². The second-order valence-electron chi connectivity index (χ2n) is 9.30. The first-order valence-corrected chi connectivity index (χ1v) is 13.8. The number of rotatable bonds is 10. The summed E-state index contributed by atoms with van der Waals surface area (Å²) >= 11 is 3.17. The predicted molar refractivity (Wildman–Crippen MR) is 149 cm³/mol. The van der Waals surface area contributed by atoms with Crippen LogP contribution in [0.25, 0.3) is 33.5 Å². The zero-order chi connectivity index (χ0) is 25.8. The van der Waals surface area contributed by atoms with Gasteiger partial charge in [0.05, 0.1) is 0 Å². The van der Waals surface area contributed by atoms with Crippen LogP contribution in [0.15, 0.2) is 66.7 Å². The van der Waals surface area contributed by atoms with E-state index in [-0.39, 0.29) is 5.97 Å². The Balaban J connectivity index is 1.59. The van der Waals surface area contributed by atoms with E-state index in [2.05, 4.69) is 74.5 Å². The van der Waals surface area contributed by atoms with Crippen molar-refractivity contribution in [1.82, 2.24) is 19.1 Å². The van der Waals surface area contributed by atoms with Gasteiger partial charge >= 0.3 is 226 Å². The van der Waals surface area contributed by atoms with E-state index in [0.717, 1.165) is 83.4 Å². The Labute approximate surface area is 225 Å². The number of aromatic nitrogens is 4. The molecule has 0 N–H and O–H groups in total. The van der Waals surface area contributed by atoms with Crippen molar-refractivity contribution in [2.75, 3.05) is 7.11 Å². The molecule has 6 nitrogen and oxygen atoms in total. The van der Waals surface area contributed by atoms with Crippen molar-refractivity contribution >= 4 is 48.8 Å². The SMILES string of the molecule is CCCCCn1c(-c2cccc3nc([Se])n(CCCc4ccccc4)c23)nc2cc(C(=O)OC)ccc21. The van der Waals surface area contributed by atoms with Gasteiger partial charge < -0.3 is 0 Å². The van der Waals surface area contributed by atoms with Crippen LogP contribution in [0.5, 0.6) is 0 Å². The third-order valence-corrected chi connectivity index (χ3v) is 7.47. The number of esters is 1. The molecule has 2 heterocycles. The summed E-state index contributed by atoms with van der Waals surface area (Å²) in [7, 11) is 1.40. The number of nitrogens with zero attached hydrogens (tertiary/aromatic N) is 4. The second-order valence-corrected chi connectivity index (χ2v) is 10.1. The standard InChI is InChI=1S/C30H31N4O2Se/c1-3-4-8-18-33-26-17-16-22(29(35)36-2)20-25(26)31-28(33)23-14-9-15-24-27(23)34(30(37)32-24)19-10-13-21-11-6-5-7-12-21/h5-7,9,11-12,14-17,20H,3-4,8,10,13,18-19H2,1-2H3. The van der Waals surface area contributed by atoms with Crippen molar-refractivity contribution in [2.45, 2.75) is 52.1 Å². The van der Waals surface area contributed by atoms with E-state index < -0.39 is 0 Å². The van der Waals surface area contributed by atoms with Crippen molar-refractivity contribution in [1.29, 1.82) is 0 Å². The maximum atomic E-state index is 12.2. The molecule has 0 unspecified atom stereocenters. The monoisotopic (exact) mass is 559 g/mol. The Bertz CT molecular complexity index is 1540. The molecule has 7 heteroatoms. The van der Waals surface area contributed by atoms with Crippen LogP contribution in [0.2, 0.25) is 0 Å². The third kappa shape index (κ3) is 5.20. The van der Waals surface area contributed by atoms with Gasteiger partial charge in [-0.05, 0) is 0 Å². The molecule has 189 valence electrons. The van der Waals surface area contributed by atoms with E-state index in [9.17, 15) is 4.79 Å². The zero-order valence-corrected chi connectivity index (χ0v) is 23.0. The van der Waals surface area contributed by atoms with Crippen LogP contribution in [0, 0.1) is 0 Å². The minimum atomic E-state index is -0.353. The number of carbonyl (C=O) groups excluding carboxylic acids is 1. The molecule has 5 rings (SSSR count). The number of aryl methyl sites for hydroxylation is 3. The Morgan fingerprint density at radius 3 is 2.49 bits per heavy atom. The summed E-state index contributed by atoms with van der Waals surface area (Å²) in [5.41, 5.74) is 6.76. The summed E-state index contributed by atoms with van der Waals surface area (Å²) in [6.45, 7) is 3.93. The molecule has 0 spiro atoms. The van der Waals surface area contributed by atoms with E-state index in [1.807, 2.05) is 24.3 Å². The van der Waals surface area contributed by atoms with Crippen molar-refractivity contribution in [3.63, 3.8) is 0 Å². The van der Waals surface area contributed by atoms with Crippen molar-refractivity contribution in [3.8, 4) is 11.4 Å². The number of methoxy groups -OCH3 is 1. The molecule has 0 fully saturated rings. The van der Waals surface area contributed by atoms with Crippen LogP contribution in [0.4, 0.5) is 0 Å². The van der Waals surface area contributed by atoms with Gasteiger partial charge in [-0.25, -0.2) is 0 Å². The minimum absolute atomic E-state index is 0.353. The van der Waals surface area contributed by atoms with Gasteiger partial charge in [0.15, 0.2) is 0 Å². The number of hydrogen-bond donors (Lipinski definition) is 0. The van der Waals surface area contributed by atoms with Crippen molar-refractivity contribution in [3.05, 3.63) is 77.9 Å². The van der Waals surface area contributed by atoms with E-state index in [0.29, 0.717) is 5.56 Å². The van der Waals surface area contributed by atoms with Crippen molar-refractivity contribution in [2.24, 2.45) is 0 Å². The molecule has 3 aromatic carbocycles. The topological polar surface area (TPSA) is 61.9 Å². The summed E-state index contributed by atoms with van der Waals surface area (Å²) in [6.07, 6.45) is 5.37. The number of para-hydroxylation sites is 1. The number of imidazole rings is 2. The maximum absolute atomic E-state index is 12.2. The fourth-order valence-corrected chi connectivity index (χ4v) is 5.55. The van der Waals surface area contributed by atoms with Gasteiger partial charge in [-0.15, -0.1) is 0 Å². The first kappa shape index (κ1) is 25.2. The third-order valence-electron chi connectivity index (χ3n) is 6.82. The van der Waals surface area contributed by atoms with Crippen LogP contribution in [0.3, 0.4) is 0 Å². The molecule has 0 atom stereocenters. The number of hydrogen-bond acceptors (Lipinski definition) is 4. The number of benzene rings is 3. The number of fused-ring (bicyclic) bond motifs is 2. The van der Waals surface area contributed by atoms with Crippen LogP contribution in [-0.2, 0) is 24.2 Å². The number of unbranched alkanes of at least 4 members (excludes halogenated alkanes) is 2. The molecular weight excluding hydrogens is 527 g/mol. The number of carbonyl (C=O) groups is 1. The summed E-state index contributed by atoms with van der Waals surface area (Å²) in [4.78, 5) is 22.1. The Morgan fingerprint density at radius 1 is 0.892 bits per heavy atom. The molecule has 37 heavy (non-hydrogen) atoms. The van der Waals surface area contributed by atoms with E-state index in [1.54, 1.807) is 0 Å². The van der Waals surface area contributed by atoms with Crippen LogP contribution < -0.4 is 4.72 Å². The van der Waals surface area contributed by atoms with Gasteiger partial charge in [0, 0.05) is 0 Å². The average molecular weight is 559 g/mol. The molecule has 2 aromatic heterocycles. The van der Waals surface area contributed by atoms with E-state index >= 15 is 0 Å². The zero-order valence-electron chi connectivity index (χ0n) is 21.3. The molecule has 0 aliphatic heterocycles. The first-order chi connectivity index (χ1) is 18.1. The fourth-order valence-electron chi connectivity index (χ4n) is 4.96. The molecule has 0 bridgehead atoms. The Kier molecular flexibility index (Phi) is 7.73. The summed E-state index contributed by atoms with van der Waals surface area (Å²) in [5.74, 6) is 0.552. The quantitative estimate of drug-likeness (QED) is 0.130. The predicted octanol–water partition coefficient (Wildman–Crippen LogP) is 5.46. The molecule has 0 aliphatic rings. The fraction of sp³-hybridized carbons (Fsp3) is 0.300. The van der Waals surface area contributed by atoms with Crippen LogP contribution in [-0.4, -0.2) is 48.2 Å². The van der Waals surface area contributed by atoms with Gasteiger partial charge in [-0.2, -0.15) is 0 Å². The molecular formula is C30H31N4O2Se. The molecule has 0 amide bonds. The number of ether oxygens (including phenoxy) is 1. The molecule has 0 saturated carbocycles. The summed E-state index contributed by atoms with van der Waals surface area (Å²) < 4.78 is 10.4. The van der Waals surface area contributed by atoms with Gasteiger partial charge in [0.1, 0.15) is 0 Å². The van der Waals surface area contributed by atoms with Crippen LogP contribution in [0.1, 0.15) is 48.5 Å². The van der Waals surface area contributed by atoms with Crippen LogP contribution >= 0.6 is 0 Å². The first-order valence-electron chi connectivity index (χ1n) is 12.9. The van der Waals surface area contributed by atoms with Gasteiger partial charge in [-0.1, -0.05) is 0 Å². The van der Waals surface area contributed by atoms with Gasteiger partial charge in [-0.3, -0.25) is 0 Å². The van der Waals surface area contributed by atoms with Crippen molar-refractivity contribution < 1.29 is 9.53 Å². The Morgan fingerprint density at radius 2 is 1.70 bits per heavy atom. The Hall–Kier alpha value is -3.41. The molecule has 5 aromatic rings. The second kappa shape index (κ2) is 11.3. The summed E-state index contributed by atoms with van der Waals surface area (Å²) in [5, 5.41) is 0. The average Bonchev–Trinajstić information content (AvgIpc) is 3.45. The summed E-state index contributed by atoms with van der Waals surface area (Å²) in [6, 6.07) is 22.5. The normalized spacial score (nSPS) is 11.4. The van der Waals surface area contributed by atoms with Gasteiger partial charge in [0.25, 0.3) is 0 Å². The van der Waals surface area contributed by atoms with E-state index in [1.165, 1.54) is 12.7 Å². The molecule has 0 aliphatic carbocycles. The molecule has 1 radical (unpaired) electrons. The molecule has 0 saturated heterocycles. The van der Waals surface area contributed by atoms with Gasteiger partial charge in [0.2, 0.25) is 0 Å².